The molecule has 0 spiro atoms. The van der Waals surface area contributed by atoms with Gasteiger partial charge in [-0.05, 0) is 12.5 Å². The van der Waals surface area contributed by atoms with Crippen LogP contribution in [0.3, 0.4) is 0 Å². The second-order valence-corrected chi connectivity index (χ2v) is 5.88. The maximum Gasteiger partial charge on any atom is 0.347 e. The lowest BCUT2D eigenvalue weighted by molar-refractivity contribution is 0.0700. The highest BCUT2D eigenvalue weighted by Crippen LogP contribution is 2.29. The zero-order valence-electron chi connectivity index (χ0n) is 12.9. The van der Waals surface area contributed by atoms with Crippen LogP contribution in [0.1, 0.15) is 39.3 Å². The molecular weight excluding hydrogens is 302 g/mol. The summed E-state index contributed by atoms with van der Waals surface area (Å²) in [6, 6.07) is 5.59. The Morgan fingerprint density at radius 3 is 2.68 bits per heavy atom. The van der Waals surface area contributed by atoms with E-state index < -0.39 is 5.97 Å². The maximum absolute atomic E-state index is 11.3. The molecular formula is C16H19NO4S. The molecule has 6 heteroatoms. The van der Waals surface area contributed by atoms with Gasteiger partial charge in [0.25, 0.3) is 0 Å². The molecule has 0 aliphatic carbocycles. The molecule has 0 unspecified atom stereocenters. The van der Waals surface area contributed by atoms with E-state index in [1.54, 1.807) is 14.2 Å². The molecule has 0 aliphatic heterocycles. The van der Waals surface area contributed by atoms with Crippen LogP contribution in [0.4, 0.5) is 0 Å². The highest BCUT2D eigenvalue weighted by molar-refractivity contribution is 7.13. The van der Waals surface area contributed by atoms with E-state index in [1.807, 2.05) is 25.1 Å². The zero-order chi connectivity index (χ0) is 16.1. The van der Waals surface area contributed by atoms with Gasteiger partial charge in [0.05, 0.1) is 24.9 Å². The Hall–Kier alpha value is -2.08. The number of rotatable bonds is 7. The molecule has 1 N–H and O–H groups in total. The van der Waals surface area contributed by atoms with Crippen molar-refractivity contribution < 1.29 is 19.4 Å². The van der Waals surface area contributed by atoms with Crippen LogP contribution in [-0.4, -0.2) is 30.3 Å². The molecule has 0 saturated heterocycles. The predicted molar refractivity (Wildman–Crippen MR) is 85.4 cm³/mol. The van der Waals surface area contributed by atoms with Gasteiger partial charge in [-0.15, -0.1) is 11.3 Å². The number of aromatic carboxylic acids is 1. The Kier molecular flexibility index (Phi) is 5.38. The van der Waals surface area contributed by atoms with Crippen molar-refractivity contribution in [1.29, 1.82) is 0 Å². The third-order valence-corrected chi connectivity index (χ3v) is 4.34. The summed E-state index contributed by atoms with van der Waals surface area (Å²) < 4.78 is 10.6. The second-order valence-electron chi connectivity index (χ2n) is 4.79. The van der Waals surface area contributed by atoms with Gasteiger partial charge in [-0.2, -0.15) is 0 Å². The SMILES string of the molecule is CCCc1nc(Cc2ccc(OC)cc2OC)sc1C(=O)O. The number of hydrogen-bond acceptors (Lipinski definition) is 5. The van der Waals surface area contributed by atoms with Crippen LogP contribution in [0.15, 0.2) is 18.2 Å². The fraction of sp³-hybridized carbons (Fsp3) is 0.375. The normalized spacial score (nSPS) is 10.5. The van der Waals surface area contributed by atoms with Gasteiger partial charge in [-0.3, -0.25) is 0 Å². The molecule has 0 bridgehead atoms. The third kappa shape index (κ3) is 3.57. The fourth-order valence-electron chi connectivity index (χ4n) is 2.21. The van der Waals surface area contributed by atoms with Crippen LogP contribution in [0.2, 0.25) is 0 Å². The van der Waals surface area contributed by atoms with Crippen molar-refractivity contribution in [2.24, 2.45) is 0 Å². The van der Waals surface area contributed by atoms with E-state index in [2.05, 4.69) is 4.98 Å². The van der Waals surface area contributed by atoms with Crippen LogP contribution in [-0.2, 0) is 12.8 Å². The lowest BCUT2D eigenvalue weighted by Gasteiger charge is -2.09. The number of aromatic nitrogens is 1. The van der Waals surface area contributed by atoms with Gasteiger partial charge >= 0.3 is 5.97 Å². The van der Waals surface area contributed by atoms with Gasteiger partial charge in [-0.1, -0.05) is 19.4 Å². The van der Waals surface area contributed by atoms with Crippen molar-refractivity contribution in [2.45, 2.75) is 26.2 Å². The molecule has 0 atom stereocenters. The van der Waals surface area contributed by atoms with Gasteiger partial charge in [0, 0.05) is 18.1 Å². The number of carboxylic acid groups (broad SMARTS) is 1. The Morgan fingerprint density at radius 1 is 1.32 bits per heavy atom. The number of ether oxygens (including phenoxy) is 2. The van der Waals surface area contributed by atoms with Crippen LogP contribution < -0.4 is 9.47 Å². The van der Waals surface area contributed by atoms with Gasteiger partial charge in [0.1, 0.15) is 16.4 Å². The minimum atomic E-state index is -0.908. The van der Waals surface area contributed by atoms with E-state index >= 15 is 0 Å². The topological polar surface area (TPSA) is 68.7 Å². The summed E-state index contributed by atoms with van der Waals surface area (Å²) in [5.41, 5.74) is 1.62. The van der Waals surface area contributed by atoms with Crippen LogP contribution in [0.5, 0.6) is 11.5 Å². The van der Waals surface area contributed by atoms with Crippen molar-refractivity contribution in [3.63, 3.8) is 0 Å². The average molecular weight is 321 g/mol. The first-order chi connectivity index (χ1) is 10.6. The van der Waals surface area contributed by atoms with Crippen LogP contribution in [0, 0.1) is 0 Å². The Balaban J connectivity index is 2.30. The molecule has 118 valence electrons. The number of thiazole rings is 1. The molecule has 22 heavy (non-hydrogen) atoms. The average Bonchev–Trinajstić information content (AvgIpc) is 2.91. The lowest BCUT2D eigenvalue weighted by Crippen LogP contribution is -1.98. The van der Waals surface area contributed by atoms with E-state index in [0.29, 0.717) is 29.2 Å². The van der Waals surface area contributed by atoms with Gasteiger partial charge in [-0.25, -0.2) is 9.78 Å². The standard InChI is InChI=1S/C16H19NO4S/c1-4-5-12-15(16(18)19)22-14(17-12)8-10-6-7-11(20-2)9-13(10)21-3/h6-7,9H,4-5,8H2,1-3H3,(H,18,19). The number of carbonyl (C=O) groups is 1. The molecule has 1 aromatic carbocycles. The first-order valence-electron chi connectivity index (χ1n) is 7.01. The summed E-state index contributed by atoms with van der Waals surface area (Å²) in [6.45, 7) is 2.01. The van der Waals surface area contributed by atoms with Gasteiger partial charge in [0.2, 0.25) is 0 Å². The molecule has 2 rings (SSSR count). The summed E-state index contributed by atoms with van der Waals surface area (Å²) in [5.74, 6) is 0.523. The molecule has 0 aliphatic rings. The molecule has 5 nitrogen and oxygen atoms in total. The highest BCUT2D eigenvalue weighted by atomic mass is 32.1. The number of hydrogen-bond donors (Lipinski definition) is 1. The summed E-state index contributed by atoms with van der Waals surface area (Å²) in [4.78, 5) is 16.1. The van der Waals surface area contributed by atoms with Crippen molar-refractivity contribution in [3.8, 4) is 11.5 Å². The second kappa shape index (κ2) is 7.26. The summed E-state index contributed by atoms with van der Waals surface area (Å²) in [6.07, 6.45) is 2.09. The number of carboxylic acids is 1. The zero-order valence-corrected chi connectivity index (χ0v) is 13.7. The van der Waals surface area contributed by atoms with E-state index in [0.717, 1.165) is 22.7 Å². The first kappa shape index (κ1) is 16.3. The Bertz CT molecular complexity index is 666. The maximum atomic E-state index is 11.3. The Morgan fingerprint density at radius 2 is 2.09 bits per heavy atom. The summed E-state index contributed by atoms with van der Waals surface area (Å²) in [7, 11) is 3.21. The molecule has 2 aromatic rings. The van der Waals surface area contributed by atoms with E-state index in [1.165, 1.54) is 11.3 Å². The quantitative estimate of drug-likeness (QED) is 0.846. The van der Waals surface area contributed by atoms with Crippen LogP contribution in [0.25, 0.3) is 0 Å². The fourth-order valence-corrected chi connectivity index (χ4v) is 3.18. The van der Waals surface area contributed by atoms with E-state index in [4.69, 9.17) is 9.47 Å². The molecule has 0 fully saturated rings. The van der Waals surface area contributed by atoms with Gasteiger partial charge < -0.3 is 14.6 Å². The largest absolute Gasteiger partial charge is 0.497 e. The van der Waals surface area contributed by atoms with Crippen molar-refractivity contribution >= 4 is 17.3 Å². The lowest BCUT2D eigenvalue weighted by atomic mass is 10.1. The number of benzene rings is 1. The van der Waals surface area contributed by atoms with Crippen molar-refractivity contribution in [2.75, 3.05) is 14.2 Å². The first-order valence-corrected chi connectivity index (χ1v) is 7.83. The summed E-state index contributed by atoms with van der Waals surface area (Å²) in [5, 5.41) is 10.1. The molecule has 0 amide bonds. The molecule has 1 aromatic heterocycles. The number of aryl methyl sites for hydroxylation is 1. The highest BCUT2D eigenvalue weighted by Gasteiger charge is 2.17. The Labute approximate surface area is 133 Å². The van der Waals surface area contributed by atoms with Crippen molar-refractivity contribution in [3.05, 3.63) is 39.3 Å². The minimum Gasteiger partial charge on any atom is -0.497 e. The van der Waals surface area contributed by atoms with E-state index in [9.17, 15) is 9.90 Å². The van der Waals surface area contributed by atoms with Crippen molar-refractivity contribution in [1.82, 2.24) is 4.98 Å². The molecule has 0 radical (unpaired) electrons. The predicted octanol–water partition coefficient (Wildman–Crippen LogP) is 3.40. The third-order valence-electron chi connectivity index (χ3n) is 3.26. The minimum absolute atomic E-state index is 0.337. The number of nitrogens with zero attached hydrogens (tertiary/aromatic N) is 1. The van der Waals surface area contributed by atoms with Crippen LogP contribution >= 0.6 is 11.3 Å². The molecule has 1 heterocycles. The smallest absolute Gasteiger partial charge is 0.347 e. The number of methoxy groups -OCH3 is 2. The summed E-state index contributed by atoms with van der Waals surface area (Å²) >= 11 is 1.23. The van der Waals surface area contributed by atoms with E-state index in [-0.39, 0.29) is 0 Å². The molecule has 0 saturated carbocycles. The monoisotopic (exact) mass is 321 g/mol. The van der Waals surface area contributed by atoms with Gasteiger partial charge in [0.15, 0.2) is 0 Å².